The van der Waals surface area contributed by atoms with Gasteiger partial charge in [0.05, 0.1) is 29.3 Å². The molecule has 0 spiro atoms. The molecule has 0 aromatic heterocycles. The molecule has 7 heteroatoms. The highest BCUT2D eigenvalue weighted by Gasteiger charge is 2.36. The number of nitrogens with one attached hydrogen (secondary N) is 1. The highest BCUT2D eigenvalue weighted by atomic mass is 79.9. The maximum Gasteiger partial charge on any atom is 0.155 e. The van der Waals surface area contributed by atoms with Gasteiger partial charge in [-0.1, -0.05) is 0 Å². The Bertz CT molecular complexity index is 534. The van der Waals surface area contributed by atoms with Crippen LogP contribution in [-0.4, -0.2) is 37.2 Å². The van der Waals surface area contributed by atoms with Crippen LogP contribution in [0.1, 0.15) is 0 Å². The number of rotatable bonds is 2. The van der Waals surface area contributed by atoms with Gasteiger partial charge in [0.1, 0.15) is 5.82 Å². The van der Waals surface area contributed by atoms with Gasteiger partial charge >= 0.3 is 0 Å². The van der Waals surface area contributed by atoms with Crippen molar-refractivity contribution in [2.75, 3.05) is 16.8 Å². The summed E-state index contributed by atoms with van der Waals surface area (Å²) in [5.74, 6) is -0.819. The van der Waals surface area contributed by atoms with Crippen molar-refractivity contribution in [3.63, 3.8) is 0 Å². The number of hydrogen-bond acceptors (Lipinski definition) is 4. The second-order valence-electron chi connectivity index (χ2n) is 4.02. The maximum absolute atomic E-state index is 13.0. The van der Waals surface area contributed by atoms with E-state index in [4.69, 9.17) is 0 Å². The molecular weight excluding hydrogens is 313 g/mol. The molecular formula is C10H11BrFNO3S. The van der Waals surface area contributed by atoms with Crippen LogP contribution in [0.2, 0.25) is 0 Å². The van der Waals surface area contributed by atoms with Crippen LogP contribution in [0.5, 0.6) is 0 Å². The lowest BCUT2D eigenvalue weighted by molar-refractivity contribution is 0.190. The zero-order valence-corrected chi connectivity index (χ0v) is 11.1. The molecule has 2 unspecified atom stereocenters. The predicted molar refractivity (Wildman–Crippen MR) is 66.2 cm³/mol. The van der Waals surface area contributed by atoms with Crippen molar-refractivity contribution in [1.82, 2.24) is 0 Å². The predicted octanol–water partition coefficient (Wildman–Crippen LogP) is 1.16. The van der Waals surface area contributed by atoms with Crippen molar-refractivity contribution in [2.24, 2.45) is 0 Å². The van der Waals surface area contributed by atoms with E-state index in [0.29, 0.717) is 10.2 Å². The third-order valence-electron chi connectivity index (χ3n) is 2.59. The molecule has 4 nitrogen and oxygen atoms in total. The average Bonchev–Trinajstić information content (AvgIpc) is 2.46. The summed E-state index contributed by atoms with van der Waals surface area (Å²) < 4.78 is 36.3. The van der Waals surface area contributed by atoms with E-state index in [1.54, 1.807) is 0 Å². The van der Waals surface area contributed by atoms with Crippen LogP contribution in [-0.2, 0) is 9.84 Å². The lowest BCUT2D eigenvalue weighted by Crippen LogP contribution is -2.32. The molecule has 2 rings (SSSR count). The second-order valence-corrected chi connectivity index (χ2v) is 7.03. The van der Waals surface area contributed by atoms with Crippen LogP contribution >= 0.6 is 15.9 Å². The highest BCUT2D eigenvalue weighted by molar-refractivity contribution is 9.10. The van der Waals surface area contributed by atoms with Gasteiger partial charge in [-0.3, -0.25) is 0 Å². The second kappa shape index (κ2) is 4.55. The number of sulfone groups is 1. The lowest BCUT2D eigenvalue weighted by Gasteiger charge is -2.17. The van der Waals surface area contributed by atoms with Gasteiger partial charge in [-0.2, -0.15) is 0 Å². The van der Waals surface area contributed by atoms with Crippen molar-refractivity contribution >= 4 is 31.5 Å². The van der Waals surface area contributed by atoms with Gasteiger partial charge in [-0.25, -0.2) is 12.8 Å². The molecule has 1 aromatic rings. The van der Waals surface area contributed by atoms with E-state index < -0.39 is 27.8 Å². The number of benzene rings is 1. The quantitative estimate of drug-likeness (QED) is 0.857. The summed E-state index contributed by atoms with van der Waals surface area (Å²) in [6, 6.07) is 3.46. The summed E-state index contributed by atoms with van der Waals surface area (Å²) in [4.78, 5) is 0. The fourth-order valence-corrected chi connectivity index (χ4v) is 3.88. The SMILES string of the molecule is O=S1(=O)CC(O)C(Nc2cc(F)ccc2Br)C1. The monoisotopic (exact) mass is 323 g/mol. The van der Waals surface area contributed by atoms with E-state index in [0.717, 1.165) is 0 Å². The van der Waals surface area contributed by atoms with Gasteiger partial charge in [0.2, 0.25) is 0 Å². The van der Waals surface area contributed by atoms with Crippen LogP contribution in [0, 0.1) is 5.82 Å². The molecule has 1 fully saturated rings. The van der Waals surface area contributed by atoms with E-state index in [2.05, 4.69) is 21.2 Å². The van der Waals surface area contributed by atoms with Gasteiger partial charge in [0.15, 0.2) is 9.84 Å². The van der Waals surface area contributed by atoms with Crippen molar-refractivity contribution in [3.8, 4) is 0 Å². The van der Waals surface area contributed by atoms with Crippen LogP contribution in [0.3, 0.4) is 0 Å². The zero-order chi connectivity index (χ0) is 12.6. The zero-order valence-electron chi connectivity index (χ0n) is 8.73. The summed E-state index contributed by atoms with van der Waals surface area (Å²) in [6.45, 7) is 0. The Morgan fingerprint density at radius 3 is 2.71 bits per heavy atom. The van der Waals surface area contributed by atoms with Gasteiger partial charge < -0.3 is 10.4 Å². The van der Waals surface area contributed by atoms with Crippen molar-refractivity contribution < 1.29 is 17.9 Å². The molecule has 0 amide bonds. The summed E-state index contributed by atoms with van der Waals surface area (Å²) in [5.41, 5.74) is 0.436. The van der Waals surface area contributed by atoms with E-state index in [1.807, 2.05) is 0 Å². The number of anilines is 1. The number of aliphatic hydroxyl groups excluding tert-OH is 1. The Labute approximate surface area is 107 Å². The van der Waals surface area contributed by atoms with Gasteiger partial charge in [0, 0.05) is 4.47 Å². The Morgan fingerprint density at radius 1 is 1.41 bits per heavy atom. The van der Waals surface area contributed by atoms with Crippen molar-refractivity contribution in [3.05, 3.63) is 28.5 Å². The molecule has 0 aliphatic carbocycles. The summed E-state index contributed by atoms with van der Waals surface area (Å²) in [6.07, 6.45) is -0.963. The maximum atomic E-state index is 13.0. The molecule has 1 aromatic carbocycles. The number of hydrogen-bond donors (Lipinski definition) is 2. The van der Waals surface area contributed by atoms with Gasteiger partial charge in [-0.05, 0) is 34.1 Å². The van der Waals surface area contributed by atoms with E-state index in [-0.39, 0.29) is 11.5 Å². The van der Waals surface area contributed by atoms with Crippen LogP contribution in [0.4, 0.5) is 10.1 Å². The molecule has 0 bridgehead atoms. The number of aliphatic hydroxyl groups is 1. The smallest absolute Gasteiger partial charge is 0.155 e. The van der Waals surface area contributed by atoms with E-state index in [1.165, 1.54) is 18.2 Å². The molecule has 1 aliphatic rings. The minimum atomic E-state index is -3.21. The van der Waals surface area contributed by atoms with Gasteiger partial charge in [0.25, 0.3) is 0 Å². The first-order valence-corrected chi connectivity index (χ1v) is 7.59. The molecule has 2 N–H and O–H groups in total. The third-order valence-corrected chi connectivity index (χ3v) is 5.00. The van der Waals surface area contributed by atoms with Crippen LogP contribution in [0.15, 0.2) is 22.7 Å². The first-order chi connectivity index (χ1) is 7.87. The average molecular weight is 324 g/mol. The molecule has 0 radical (unpaired) electrons. The molecule has 0 saturated carbocycles. The van der Waals surface area contributed by atoms with Crippen molar-refractivity contribution in [1.29, 1.82) is 0 Å². The Balaban J connectivity index is 2.19. The molecule has 94 valence electrons. The largest absolute Gasteiger partial charge is 0.390 e. The van der Waals surface area contributed by atoms with Crippen molar-refractivity contribution in [2.45, 2.75) is 12.1 Å². The summed E-state index contributed by atoms with van der Waals surface area (Å²) in [7, 11) is -3.21. The Morgan fingerprint density at radius 2 is 2.12 bits per heavy atom. The van der Waals surface area contributed by atoms with Crippen LogP contribution < -0.4 is 5.32 Å². The molecule has 2 atom stereocenters. The van der Waals surface area contributed by atoms with E-state index in [9.17, 15) is 17.9 Å². The lowest BCUT2D eigenvalue weighted by atomic mass is 10.2. The third kappa shape index (κ3) is 2.97. The van der Waals surface area contributed by atoms with Gasteiger partial charge in [-0.15, -0.1) is 0 Å². The standard InChI is InChI=1S/C10H11BrFNO3S/c11-7-2-1-6(12)3-8(7)13-9-4-17(15,16)5-10(9)14/h1-3,9-10,13-14H,4-5H2. The molecule has 17 heavy (non-hydrogen) atoms. The topological polar surface area (TPSA) is 66.4 Å². The fraction of sp³-hybridized carbons (Fsp3) is 0.400. The van der Waals surface area contributed by atoms with Crippen LogP contribution in [0.25, 0.3) is 0 Å². The van der Waals surface area contributed by atoms with E-state index >= 15 is 0 Å². The minimum Gasteiger partial charge on any atom is -0.390 e. The fourth-order valence-electron chi connectivity index (χ4n) is 1.77. The molecule has 1 heterocycles. The summed E-state index contributed by atoms with van der Waals surface area (Å²) in [5, 5.41) is 12.4. The Kier molecular flexibility index (Phi) is 3.42. The first kappa shape index (κ1) is 12.8. The normalized spacial score (nSPS) is 27.0. The minimum absolute atomic E-state index is 0.142. The number of halogens is 2. The molecule has 1 aliphatic heterocycles. The molecule has 1 saturated heterocycles. The Hall–Kier alpha value is -0.660. The first-order valence-electron chi connectivity index (χ1n) is 4.97. The highest BCUT2D eigenvalue weighted by Crippen LogP contribution is 2.26. The summed E-state index contributed by atoms with van der Waals surface area (Å²) >= 11 is 3.23.